The highest BCUT2D eigenvalue weighted by molar-refractivity contribution is 6.35. The van der Waals surface area contributed by atoms with Crippen molar-refractivity contribution in [1.82, 2.24) is 5.32 Å². The van der Waals surface area contributed by atoms with Crippen molar-refractivity contribution in [1.29, 1.82) is 0 Å². The van der Waals surface area contributed by atoms with Gasteiger partial charge in [0.15, 0.2) is 6.61 Å². The van der Waals surface area contributed by atoms with Crippen LogP contribution in [-0.4, -0.2) is 18.5 Å². The molecule has 1 aromatic heterocycles. The molecule has 0 bridgehead atoms. The molecule has 3 aromatic rings. The largest absolute Gasteiger partial charge is 0.459 e. The zero-order valence-electron chi connectivity index (χ0n) is 13.8. The number of rotatable bonds is 5. The van der Waals surface area contributed by atoms with E-state index in [1.54, 1.807) is 13.0 Å². The van der Waals surface area contributed by atoms with Crippen LogP contribution in [0.5, 0.6) is 0 Å². The molecule has 0 spiro atoms. The molecule has 1 atom stereocenters. The number of esters is 1. The van der Waals surface area contributed by atoms with Gasteiger partial charge in [-0.1, -0.05) is 41.4 Å². The number of fused-ring (bicyclic) bond motifs is 1. The number of nitrogens with one attached hydrogen (secondary N) is 1. The van der Waals surface area contributed by atoms with Gasteiger partial charge in [0.1, 0.15) is 11.3 Å². The minimum absolute atomic E-state index is 0.109. The summed E-state index contributed by atoms with van der Waals surface area (Å²) in [5.41, 5.74) is 0.850. The van der Waals surface area contributed by atoms with Crippen LogP contribution in [-0.2, 0) is 9.53 Å². The summed E-state index contributed by atoms with van der Waals surface area (Å²) in [5.74, 6) is -0.558. The molecule has 0 aliphatic carbocycles. The predicted molar refractivity (Wildman–Crippen MR) is 99.5 cm³/mol. The van der Waals surface area contributed by atoms with E-state index in [0.29, 0.717) is 10.8 Å². The maximum Gasteiger partial charge on any atom is 0.340 e. The van der Waals surface area contributed by atoms with E-state index in [0.717, 1.165) is 11.0 Å². The molecule has 1 heterocycles. The first kappa shape index (κ1) is 18.3. The molecular formula is C19H15Cl2NO4. The van der Waals surface area contributed by atoms with Gasteiger partial charge < -0.3 is 14.5 Å². The lowest BCUT2D eigenvalue weighted by molar-refractivity contribution is -0.125. The summed E-state index contributed by atoms with van der Waals surface area (Å²) in [4.78, 5) is 24.1. The molecule has 3 rings (SSSR count). The first-order valence-electron chi connectivity index (χ1n) is 7.84. The highest BCUT2D eigenvalue weighted by Crippen LogP contribution is 2.24. The van der Waals surface area contributed by atoms with Crippen LogP contribution in [0.15, 0.2) is 52.9 Å². The van der Waals surface area contributed by atoms with Gasteiger partial charge >= 0.3 is 5.97 Å². The van der Waals surface area contributed by atoms with E-state index in [4.69, 9.17) is 32.4 Å². The van der Waals surface area contributed by atoms with Crippen LogP contribution >= 0.6 is 23.2 Å². The lowest BCUT2D eigenvalue weighted by Gasteiger charge is -2.12. The van der Waals surface area contributed by atoms with Crippen molar-refractivity contribution in [2.24, 2.45) is 0 Å². The molecule has 7 heteroatoms. The summed E-state index contributed by atoms with van der Waals surface area (Å²) < 4.78 is 10.7. The molecular weight excluding hydrogens is 377 g/mol. The standard InChI is InChI=1S/C19H15Cl2NO4/c1-11(17-8-12-4-2-3-5-16(12)26-17)22-18(23)10-25-19(24)14-9-13(20)6-7-15(14)21/h2-9,11H,10H2,1H3,(H,22,23)/t11-/m1/s1. The topological polar surface area (TPSA) is 68.5 Å². The Hall–Kier alpha value is -2.50. The van der Waals surface area contributed by atoms with Crippen LogP contribution in [0.3, 0.4) is 0 Å². The maximum atomic E-state index is 12.0. The molecule has 0 saturated heterocycles. The molecule has 2 aromatic carbocycles. The first-order valence-corrected chi connectivity index (χ1v) is 8.59. The second-order valence-electron chi connectivity index (χ2n) is 5.68. The summed E-state index contributed by atoms with van der Waals surface area (Å²) in [6.07, 6.45) is 0. The SMILES string of the molecule is C[C@@H](NC(=O)COC(=O)c1cc(Cl)ccc1Cl)c1cc2ccccc2o1. The van der Waals surface area contributed by atoms with Gasteiger partial charge in [0.05, 0.1) is 16.6 Å². The number of hydrogen-bond donors (Lipinski definition) is 1. The van der Waals surface area contributed by atoms with E-state index in [2.05, 4.69) is 5.32 Å². The molecule has 0 aliphatic rings. The van der Waals surface area contributed by atoms with Gasteiger partial charge in [-0.3, -0.25) is 4.79 Å². The monoisotopic (exact) mass is 391 g/mol. The van der Waals surface area contributed by atoms with E-state index in [1.165, 1.54) is 12.1 Å². The fourth-order valence-electron chi connectivity index (χ4n) is 2.43. The van der Waals surface area contributed by atoms with Gasteiger partial charge in [0, 0.05) is 10.4 Å². The number of benzene rings is 2. The molecule has 134 valence electrons. The summed E-state index contributed by atoms with van der Waals surface area (Å²) in [6.45, 7) is 1.34. The minimum atomic E-state index is -0.718. The van der Waals surface area contributed by atoms with Gasteiger partial charge in [0.2, 0.25) is 0 Å². The zero-order valence-corrected chi connectivity index (χ0v) is 15.3. The molecule has 0 radical (unpaired) electrons. The Labute approximate surface area is 159 Å². The quantitative estimate of drug-likeness (QED) is 0.635. The van der Waals surface area contributed by atoms with Crippen molar-refractivity contribution in [2.45, 2.75) is 13.0 Å². The third-order valence-corrected chi connectivity index (χ3v) is 4.30. The Bertz CT molecular complexity index is 934. The van der Waals surface area contributed by atoms with Crippen molar-refractivity contribution in [2.75, 3.05) is 6.61 Å². The third kappa shape index (κ3) is 4.18. The second-order valence-corrected chi connectivity index (χ2v) is 6.52. The van der Waals surface area contributed by atoms with Crippen LogP contribution < -0.4 is 5.32 Å². The Morgan fingerprint density at radius 1 is 1.15 bits per heavy atom. The molecule has 26 heavy (non-hydrogen) atoms. The predicted octanol–water partition coefficient (Wildman–Crippen LogP) is 4.77. The third-order valence-electron chi connectivity index (χ3n) is 3.73. The van der Waals surface area contributed by atoms with Gasteiger partial charge in [-0.05, 0) is 37.3 Å². The highest BCUT2D eigenvalue weighted by Gasteiger charge is 2.17. The fraction of sp³-hybridized carbons (Fsp3) is 0.158. The molecule has 0 saturated carbocycles. The molecule has 1 N–H and O–H groups in total. The van der Waals surface area contributed by atoms with Gasteiger partial charge in [-0.25, -0.2) is 4.79 Å². The Morgan fingerprint density at radius 3 is 2.69 bits per heavy atom. The van der Waals surface area contributed by atoms with Crippen LogP contribution in [0.25, 0.3) is 11.0 Å². The van der Waals surface area contributed by atoms with Gasteiger partial charge in [-0.2, -0.15) is 0 Å². The number of ether oxygens (including phenoxy) is 1. The zero-order chi connectivity index (χ0) is 18.7. The van der Waals surface area contributed by atoms with E-state index in [9.17, 15) is 9.59 Å². The lowest BCUT2D eigenvalue weighted by Crippen LogP contribution is -2.31. The Morgan fingerprint density at radius 2 is 1.92 bits per heavy atom. The second kappa shape index (κ2) is 7.81. The minimum Gasteiger partial charge on any atom is -0.459 e. The van der Waals surface area contributed by atoms with E-state index in [1.807, 2.05) is 30.3 Å². The van der Waals surface area contributed by atoms with Crippen LogP contribution in [0, 0.1) is 0 Å². The summed E-state index contributed by atoms with van der Waals surface area (Å²) in [5, 5.41) is 4.23. The summed E-state index contributed by atoms with van der Waals surface area (Å²) in [6, 6.07) is 13.5. The number of amides is 1. The number of carbonyl (C=O) groups is 2. The normalized spacial score (nSPS) is 12.0. The van der Waals surface area contributed by atoms with Crippen LogP contribution in [0.1, 0.15) is 29.1 Å². The van der Waals surface area contributed by atoms with Gasteiger partial charge in [0.25, 0.3) is 5.91 Å². The van der Waals surface area contributed by atoms with Crippen LogP contribution in [0.4, 0.5) is 0 Å². The highest BCUT2D eigenvalue weighted by atomic mass is 35.5. The average molecular weight is 392 g/mol. The fourth-order valence-corrected chi connectivity index (χ4v) is 2.80. The van der Waals surface area contributed by atoms with E-state index < -0.39 is 18.5 Å². The van der Waals surface area contributed by atoms with Crippen molar-refractivity contribution in [3.63, 3.8) is 0 Å². The van der Waals surface area contributed by atoms with Gasteiger partial charge in [-0.15, -0.1) is 0 Å². The number of carbonyl (C=O) groups excluding carboxylic acids is 2. The van der Waals surface area contributed by atoms with Crippen molar-refractivity contribution in [3.8, 4) is 0 Å². The number of halogens is 2. The number of para-hydroxylation sites is 1. The maximum absolute atomic E-state index is 12.0. The van der Waals surface area contributed by atoms with Crippen LogP contribution in [0.2, 0.25) is 10.0 Å². The van der Waals surface area contributed by atoms with Crippen molar-refractivity contribution >= 4 is 46.0 Å². The van der Waals surface area contributed by atoms with Crippen molar-refractivity contribution < 1.29 is 18.7 Å². The first-order chi connectivity index (χ1) is 12.4. The molecule has 0 fully saturated rings. The lowest BCUT2D eigenvalue weighted by atomic mass is 10.2. The van der Waals surface area contributed by atoms with E-state index in [-0.39, 0.29) is 16.6 Å². The summed E-state index contributed by atoms with van der Waals surface area (Å²) in [7, 11) is 0. The number of furan rings is 1. The Kier molecular flexibility index (Phi) is 5.49. The average Bonchev–Trinajstić information content (AvgIpc) is 3.06. The molecule has 5 nitrogen and oxygen atoms in total. The number of hydrogen-bond acceptors (Lipinski definition) is 4. The smallest absolute Gasteiger partial charge is 0.340 e. The van der Waals surface area contributed by atoms with Crippen molar-refractivity contribution in [3.05, 3.63) is 69.9 Å². The Balaban J connectivity index is 1.58. The summed E-state index contributed by atoms with van der Waals surface area (Å²) >= 11 is 11.8. The molecule has 1 amide bonds. The molecule has 0 unspecified atom stereocenters. The van der Waals surface area contributed by atoms with E-state index >= 15 is 0 Å². The molecule has 0 aliphatic heterocycles.